The van der Waals surface area contributed by atoms with E-state index in [2.05, 4.69) is 32.6 Å². The number of nitrogens with zero attached hydrogens (tertiary/aromatic N) is 1. The number of aliphatic hydroxyl groups excluding tert-OH is 1. The topological polar surface area (TPSA) is 23.5 Å². The van der Waals surface area contributed by atoms with Gasteiger partial charge in [-0.15, -0.1) is 0 Å². The zero-order chi connectivity index (χ0) is 10.8. The quantitative estimate of drug-likeness (QED) is 0.700. The van der Waals surface area contributed by atoms with Crippen LogP contribution in [0.4, 0.5) is 0 Å². The molecule has 0 spiro atoms. The number of hydrogen-bond acceptors (Lipinski definition) is 2. The fourth-order valence-corrected chi connectivity index (χ4v) is 2.23. The maximum Gasteiger partial charge on any atom is 0.0581 e. The molecule has 84 valence electrons. The second-order valence-electron chi connectivity index (χ2n) is 5.49. The Balaban J connectivity index is 2.63. The molecule has 1 aliphatic rings. The van der Waals surface area contributed by atoms with Gasteiger partial charge >= 0.3 is 0 Å². The summed E-state index contributed by atoms with van der Waals surface area (Å²) in [6.07, 6.45) is 3.13. The van der Waals surface area contributed by atoms with Crippen LogP contribution in [0, 0.1) is 5.92 Å². The molecule has 14 heavy (non-hydrogen) atoms. The minimum atomic E-state index is -0.0765. The number of rotatable bonds is 1. The van der Waals surface area contributed by atoms with Gasteiger partial charge in [-0.3, -0.25) is 4.90 Å². The highest BCUT2D eigenvalue weighted by Crippen LogP contribution is 2.24. The fourth-order valence-electron chi connectivity index (χ4n) is 2.23. The summed E-state index contributed by atoms with van der Waals surface area (Å²) in [5, 5.41) is 9.91. The van der Waals surface area contributed by atoms with E-state index in [0.29, 0.717) is 5.92 Å². The predicted molar refractivity (Wildman–Crippen MR) is 60.3 cm³/mol. The summed E-state index contributed by atoms with van der Waals surface area (Å²) < 4.78 is 0. The highest BCUT2D eigenvalue weighted by molar-refractivity contribution is 4.83. The van der Waals surface area contributed by atoms with Crippen molar-refractivity contribution in [2.75, 3.05) is 13.1 Å². The van der Waals surface area contributed by atoms with Crippen molar-refractivity contribution in [1.82, 2.24) is 4.90 Å². The van der Waals surface area contributed by atoms with Crippen LogP contribution in [0.5, 0.6) is 0 Å². The first-order valence-electron chi connectivity index (χ1n) is 5.88. The van der Waals surface area contributed by atoms with Gasteiger partial charge < -0.3 is 5.11 Å². The molecule has 0 aromatic carbocycles. The number of hydrogen-bond donors (Lipinski definition) is 1. The van der Waals surface area contributed by atoms with E-state index in [1.165, 1.54) is 0 Å². The molecule has 2 atom stereocenters. The van der Waals surface area contributed by atoms with E-state index in [4.69, 9.17) is 0 Å². The molecule has 1 fully saturated rings. The summed E-state index contributed by atoms with van der Waals surface area (Å²) in [5.41, 5.74) is 0.248. The first-order valence-corrected chi connectivity index (χ1v) is 5.88. The number of aliphatic hydroxyl groups is 1. The van der Waals surface area contributed by atoms with Gasteiger partial charge in [-0.25, -0.2) is 0 Å². The van der Waals surface area contributed by atoms with E-state index in [1.54, 1.807) is 0 Å². The summed E-state index contributed by atoms with van der Waals surface area (Å²) in [6.45, 7) is 11.2. The Kier molecular flexibility index (Phi) is 3.96. The molecular formula is C12H25NO. The average molecular weight is 199 g/mol. The van der Waals surface area contributed by atoms with Gasteiger partial charge in [0.05, 0.1) is 6.10 Å². The predicted octanol–water partition coefficient (Wildman–Crippen LogP) is 2.27. The number of likely N-dealkylation sites (tertiary alicyclic amines) is 1. The minimum absolute atomic E-state index is 0.0765. The lowest BCUT2D eigenvalue weighted by atomic mass is 9.96. The molecular weight excluding hydrogens is 174 g/mol. The zero-order valence-corrected chi connectivity index (χ0v) is 10.1. The van der Waals surface area contributed by atoms with Gasteiger partial charge in [0.1, 0.15) is 0 Å². The van der Waals surface area contributed by atoms with Gasteiger partial charge in [-0.2, -0.15) is 0 Å². The highest BCUT2D eigenvalue weighted by Gasteiger charge is 2.29. The summed E-state index contributed by atoms with van der Waals surface area (Å²) >= 11 is 0. The van der Waals surface area contributed by atoms with Crippen molar-refractivity contribution in [3.8, 4) is 0 Å². The molecule has 0 aliphatic carbocycles. The molecule has 1 N–H and O–H groups in total. The third kappa shape index (κ3) is 2.96. The van der Waals surface area contributed by atoms with E-state index in [9.17, 15) is 5.11 Å². The Hall–Kier alpha value is -0.0800. The van der Waals surface area contributed by atoms with E-state index >= 15 is 0 Å². The summed E-state index contributed by atoms with van der Waals surface area (Å²) in [5.74, 6) is 0.469. The van der Waals surface area contributed by atoms with Crippen LogP contribution in [0.25, 0.3) is 0 Å². The van der Waals surface area contributed by atoms with Crippen LogP contribution >= 0.6 is 0 Å². The molecule has 0 unspecified atom stereocenters. The summed E-state index contributed by atoms with van der Waals surface area (Å²) in [7, 11) is 0. The molecule has 0 amide bonds. The molecule has 1 heterocycles. The molecule has 0 bridgehead atoms. The smallest absolute Gasteiger partial charge is 0.0581 e. The lowest BCUT2D eigenvalue weighted by molar-refractivity contribution is 0.0691. The van der Waals surface area contributed by atoms with Crippen molar-refractivity contribution >= 4 is 0 Å². The molecule has 0 aromatic rings. The lowest BCUT2D eigenvalue weighted by Gasteiger charge is -2.36. The first kappa shape index (κ1) is 12.0. The van der Waals surface area contributed by atoms with Crippen molar-refractivity contribution in [3.63, 3.8) is 0 Å². The van der Waals surface area contributed by atoms with Crippen LogP contribution < -0.4 is 0 Å². The molecule has 1 rings (SSSR count). The van der Waals surface area contributed by atoms with Crippen molar-refractivity contribution in [3.05, 3.63) is 0 Å². The van der Waals surface area contributed by atoms with Gasteiger partial charge in [0.2, 0.25) is 0 Å². The summed E-state index contributed by atoms with van der Waals surface area (Å²) in [4.78, 5) is 2.51. The van der Waals surface area contributed by atoms with E-state index in [0.717, 1.165) is 32.4 Å². The van der Waals surface area contributed by atoms with E-state index < -0.39 is 0 Å². The maximum atomic E-state index is 9.91. The molecule has 0 saturated carbocycles. The molecule has 1 aliphatic heterocycles. The Labute approximate surface area is 88.3 Å². The van der Waals surface area contributed by atoms with Crippen molar-refractivity contribution in [1.29, 1.82) is 0 Å². The third-order valence-electron chi connectivity index (χ3n) is 3.40. The van der Waals surface area contributed by atoms with E-state index in [-0.39, 0.29) is 11.6 Å². The van der Waals surface area contributed by atoms with Crippen LogP contribution in [-0.4, -0.2) is 34.7 Å². The van der Waals surface area contributed by atoms with Crippen LogP contribution in [0.1, 0.15) is 47.0 Å². The van der Waals surface area contributed by atoms with Crippen LogP contribution in [0.15, 0.2) is 0 Å². The van der Waals surface area contributed by atoms with Gasteiger partial charge in [-0.05, 0) is 52.5 Å². The Morgan fingerprint density at radius 1 is 1.36 bits per heavy atom. The molecule has 0 radical (unpaired) electrons. The fraction of sp³-hybridized carbons (Fsp3) is 1.00. The van der Waals surface area contributed by atoms with Crippen molar-refractivity contribution in [2.45, 2.75) is 58.6 Å². The van der Waals surface area contributed by atoms with Crippen LogP contribution in [0.3, 0.4) is 0 Å². The average Bonchev–Trinajstić information content (AvgIpc) is 2.25. The van der Waals surface area contributed by atoms with Gasteiger partial charge in [-0.1, -0.05) is 6.92 Å². The van der Waals surface area contributed by atoms with Crippen molar-refractivity contribution < 1.29 is 5.11 Å². The molecule has 2 nitrogen and oxygen atoms in total. The van der Waals surface area contributed by atoms with E-state index in [1.807, 2.05) is 0 Å². The first-order chi connectivity index (χ1) is 6.45. The lowest BCUT2D eigenvalue weighted by Crippen LogP contribution is -2.44. The second kappa shape index (κ2) is 4.63. The van der Waals surface area contributed by atoms with Gasteiger partial charge in [0, 0.05) is 12.1 Å². The normalized spacial score (nSPS) is 31.5. The Morgan fingerprint density at radius 2 is 2.00 bits per heavy atom. The minimum Gasteiger partial charge on any atom is -0.393 e. The Morgan fingerprint density at radius 3 is 2.50 bits per heavy atom. The molecule has 0 aromatic heterocycles. The third-order valence-corrected chi connectivity index (χ3v) is 3.40. The maximum absolute atomic E-state index is 9.91. The standard InChI is InChI=1S/C12H25NO/c1-5-10-9-13(12(2,3)4)8-6-7-11(10)14/h10-11,14H,5-9H2,1-4H3/t10-,11+/m1/s1. The SMILES string of the molecule is CC[C@@H]1CN(C(C)(C)C)CCC[C@@H]1O. The second-order valence-corrected chi connectivity index (χ2v) is 5.49. The largest absolute Gasteiger partial charge is 0.393 e. The Bertz CT molecular complexity index is 174. The monoisotopic (exact) mass is 199 g/mol. The summed E-state index contributed by atoms with van der Waals surface area (Å²) in [6, 6.07) is 0. The van der Waals surface area contributed by atoms with Gasteiger partial charge in [0.15, 0.2) is 0 Å². The van der Waals surface area contributed by atoms with Crippen LogP contribution in [0.2, 0.25) is 0 Å². The molecule has 2 heteroatoms. The molecule has 1 saturated heterocycles. The van der Waals surface area contributed by atoms with Crippen molar-refractivity contribution in [2.24, 2.45) is 5.92 Å². The zero-order valence-electron chi connectivity index (χ0n) is 10.1. The highest BCUT2D eigenvalue weighted by atomic mass is 16.3. The van der Waals surface area contributed by atoms with Crippen LogP contribution in [-0.2, 0) is 0 Å². The van der Waals surface area contributed by atoms with Gasteiger partial charge in [0.25, 0.3) is 0 Å².